The molecule has 1 aliphatic carbocycles. The summed E-state index contributed by atoms with van der Waals surface area (Å²) >= 11 is 0. The van der Waals surface area contributed by atoms with Crippen molar-refractivity contribution in [1.29, 1.82) is 0 Å². The number of halogens is 1. The Bertz CT molecular complexity index is 106. The van der Waals surface area contributed by atoms with E-state index in [2.05, 4.69) is 6.92 Å². The van der Waals surface area contributed by atoms with Crippen LogP contribution in [0.2, 0.25) is 0 Å². The zero-order chi connectivity index (χ0) is 7.61. The summed E-state index contributed by atoms with van der Waals surface area (Å²) in [5, 5.41) is 8.66. The standard InChI is InChI=1S/C8H15FO/c1-7-2-4-8(9,6-10)5-3-7/h7,10H,2-6H2,1H3. The van der Waals surface area contributed by atoms with Crippen molar-refractivity contribution < 1.29 is 9.50 Å². The second kappa shape index (κ2) is 2.87. The van der Waals surface area contributed by atoms with E-state index in [0.717, 1.165) is 12.8 Å². The van der Waals surface area contributed by atoms with Crippen molar-refractivity contribution in [2.45, 2.75) is 38.3 Å². The highest BCUT2D eigenvalue weighted by atomic mass is 19.1. The van der Waals surface area contributed by atoms with Gasteiger partial charge in [0, 0.05) is 0 Å². The molecule has 0 saturated heterocycles. The summed E-state index contributed by atoms with van der Waals surface area (Å²) in [6.45, 7) is 1.84. The van der Waals surface area contributed by atoms with Gasteiger partial charge >= 0.3 is 0 Å². The molecule has 0 amide bonds. The Kier molecular flexibility index (Phi) is 2.29. The Morgan fingerprint density at radius 3 is 2.40 bits per heavy atom. The van der Waals surface area contributed by atoms with Crippen LogP contribution in [0.1, 0.15) is 32.6 Å². The molecule has 1 rings (SSSR count). The van der Waals surface area contributed by atoms with Crippen molar-refractivity contribution in [3.8, 4) is 0 Å². The van der Waals surface area contributed by atoms with Gasteiger partial charge in [-0.1, -0.05) is 6.92 Å². The van der Waals surface area contributed by atoms with Gasteiger partial charge in [0.2, 0.25) is 0 Å². The van der Waals surface area contributed by atoms with Crippen molar-refractivity contribution >= 4 is 0 Å². The van der Waals surface area contributed by atoms with E-state index in [4.69, 9.17) is 5.11 Å². The summed E-state index contributed by atoms with van der Waals surface area (Å²) < 4.78 is 13.2. The third-order valence-electron chi connectivity index (χ3n) is 2.45. The Morgan fingerprint density at radius 2 is 2.00 bits per heavy atom. The predicted molar refractivity (Wildman–Crippen MR) is 38.6 cm³/mol. The number of hydrogen-bond acceptors (Lipinski definition) is 1. The van der Waals surface area contributed by atoms with Crippen LogP contribution in [0, 0.1) is 5.92 Å². The number of rotatable bonds is 1. The maximum Gasteiger partial charge on any atom is 0.134 e. The van der Waals surface area contributed by atoms with E-state index in [-0.39, 0.29) is 6.61 Å². The van der Waals surface area contributed by atoms with Gasteiger partial charge in [0.1, 0.15) is 5.67 Å². The average Bonchev–Trinajstić information content (AvgIpc) is 1.96. The van der Waals surface area contributed by atoms with Gasteiger partial charge in [0.15, 0.2) is 0 Å². The normalized spacial score (nSPS) is 41.7. The minimum absolute atomic E-state index is 0.292. The van der Waals surface area contributed by atoms with Crippen molar-refractivity contribution in [3.63, 3.8) is 0 Å². The molecular formula is C8H15FO. The summed E-state index contributed by atoms with van der Waals surface area (Å²) in [6, 6.07) is 0. The van der Waals surface area contributed by atoms with E-state index in [9.17, 15) is 4.39 Å². The maximum absolute atomic E-state index is 13.2. The summed E-state index contributed by atoms with van der Waals surface area (Å²) in [6.07, 6.45) is 2.95. The molecule has 0 aromatic carbocycles. The molecule has 0 atom stereocenters. The first-order valence-corrected chi connectivity index (χ1v) is 3.96. The molecule has 0 aromatic rings. The van der Waals surface area contributed by atoms with Crippen molar-refractivity contribution in [3.05, 3.63) is 0 Å². The summed E-state index contributed by atoms with van der Waals surface area (Å²) in [5.74, 6) is 0.649. The molecule has 0 heterocycles. The molecule has 0 aromatic heterocycles. The molecule has 0 bridgehead atoms. The Labute approximate surface area is 61.2 Å². The van der Waals surface area contributed by atoms with Gasteiger partial charge in [0.25, 0.3) is 0 Å². The third kappa shape index (κ3) is 1.69. The van der Waals surface area contributed by atoms with Gasteiger partial charge in [-0.15, -0.1) is 0 Å². The first-order chi connectivity index (χ1) is 4.66. The van der Waals surface area contributed by atoms with E-state index in [1.807, 2.05) is 0 Å². The second-order valence-corrected chi connectivity index (χ2v) is 3.49. The van der Waals surface area contributed by atoms with Crippen LogP contribution >= 0.6 is 0 Å². The smallest absolute Gasteiger partial charge is 0.134 e. The Morgan fingerprint density at radius 1 is 1.50 bits per heavy atom. The molecule has 0 unspecified atom stereocenters. The molecule has 1 nitrogen and oxygen atoms in total. The lowest BCUT2D eigenvalue weighted by Gasteiger charge is -2.30. The van der Waals surface area contributed by atoms with Crippen LogP contribution in [0.5, 0.6) is 0 Å². The second-order valence-electron chi connectivity index (χ2n) is 3.49. The van der Waals surface area contributed by atoms with Crippen molar-refractivity contribution in [2.24, 2.45) is 5.92 Å². The lowest BCUT2D eigenvalue weighted by atomic mass is 9.81. The van der Waals surface area contributed by atoms with Gasteiger partial charge in [-0.2, -0.15) is 0 Å². The van der Waals surface area contributed by atoms with Crippen LogP contribution in [0.15, 0.2) is 0 Å². The van der Waals surface area contributed by atoms with Crippen LogP contribution in [0.4, 0.5) is 4.39 Å². The van der Waals surface area contributed by atoms with Gasteiger partial charge in [-0.3, -0.25) is 0 Å². The minimum atomic E-state index is -1.24. The van der Waals surface area contributed by atoms with E-state index < -0.39 is 5.67 Å². The molecule has 1 aliphatic rings. The first kappa shape index (κ1) is 7.99. The van der Waals surface area contributed by atoms with E-state index >= 15 is 0 Å². The molecule has 1 fully saturated rings. The van der Waals surface area contributed by atoms with E-state index in [1.54, 1.807) is 0 Å². The fraction of sp³-hybridized carbons (Fsp3) is 1.00. The lowest BCUT2D eigenvalue weighted by molar-refractivity contribution is 0.0249. The molecule has 0 radical (unpaired) electrons. The van der Waals surface area contributed by atoms with Gasteiger partial charge in [0.05, 0.1) is 6.61 Å². The SMILES string of the molecule is CC1CCC(F)(CO)CC1. The minimum Gasteiger partial charge on any atom is -0.393 e. The summed E-state index contributed by atoms with van der Waals surface area (Å²) in [4.78, 5) is 0. The molecular weight excluding hydrogens is 131 g/mol. The highest BCUT2D eigenvalue weighted by Crippen LogP contribution is 2.34. The zero-order valence-corrected chi connectivity index (χ0v) is 6.44. The van der Waals surface area contributed by atoms with Crippen LogP contribution in [0.25, 0.3) is 0 Å². The summed E-state index contributed by atoms with van der Waals surface area (Å²) in [7, 11) is 0. The van der Waals surface area contributed by atoms with Gasteiger partial charge in [-0.05, 0) is 31.6 Å². The van der Waals surface area contributed by atoms with Gasteiger partial charge in [-0.25, -0.2) is 4.39 Å². The summed E-state index contributed by atoms with van der Waals surface area (Å²) in [5.41, 5.74) is -1.24. The predicted octanol–water partition coefficient (Wildman–Crippen LogP) is 1.90. The highest BCUT2D eigenvalue weighted by Gasteiger charge is 2.32. The highest BCUT2D eigenvalue weighted by molar-refractivity contribution is 4.83. The van der Waals surface area contributed by atoms with Crippen LogP contribution in [-0.2, 0) is 0 Å². The molecule has 0 spiro atoms. The Balaban J connectivity index is 2.38. The Hall–Kier alpha value is -0.110. The molecule has 1 N–H and O–H groups in total. The number of alkyl halides is 1. The topological polar surface area (TPSA) is 20.2 Å². The molecule has 1 saturated carbocycles. The van der Waals surface area contributed by atoms with E-state index in [0.29, 0.717) is 18.8 Å². The van der Waals surface area contributed by atoms with Gasteiger partial charge < -0.3 is 5.11 Å². The largest absolute Gasteiger partial charge is 0.393 e. The first-order valence-electron chi connectivity index (χ1n) is 3.96. The third-order valence-corrected chi connectivity index (χ3v) is 2.45. The maximum atomic E-state index is 13.2. The van der Waals surface area contributed by atoms with E-state index in [1.165, 1.54) is 0 Å². The lowest BCUT2D eigenvalue weighted by Crippen LogP contribution is -2.32. The molecule has 0 aliphatic heterocycles. The molecule has 2 heteroatoms. The monoisotopic (exact) mass is 146 g/mol. The molecule has 60 valence electrons. The number of aliphatic hydroxyl groups is 1. The van der Waals surface area contributed by atoms with Crippen LogP contribution in [-0.4, -0.2) is 17.4 Å². The van der Waals surface area contributed by atoms with Crippen molar-refractivity contribution in [2.75, 3.05) is 6.61 Å². The number of aliphatic hydroxyl groups excluding tert-OH is 1. The quantitative estimate of drug-likeness (QED) is 0.599. The average molecular weight is 146 g/mol. The van der Waals surface area contributed by atoms with Crippen molar-refractivity contribution in [1.82, 2.24) is 0 Å². The van der Waals surface area contributed by atoms with Crippen LogP contribution in [0.3, 0.4) is 0 Å². The van der Waals surface area contributed by atoms with Crippen LogP contribution < -0.4 is 0 Å². The zero-order valence-electron chi connectivity index (χ0n) is 6.44. The fourth-order valence-electron chi connectivity index (χ4n) is 1.44. The fourth-order valence-corrected chi connectivity index (χ4v) is 1.44. The number of hydrogen-bond donors (Lipinski definition) is 1. The molecule has 10 heavy (non-hydrogen) atoms.